The molecule has 0 unspecified atom stereocenters. The Kier molecular flexibility index (Phi) is 3.89. The fraction of sp³-hybridized carbons (Fsp3) is 0.471. The van der Waals surface area contributed by atoms with E-state index in [9.17, 15) is 4.79 Å². The van der Waals surface area contributed by atoms with Crippen molar-refractivity contribution in [2.24, 2.45) is 5.92 Å². The summed E-state index contributed by atoms with van der Waals surface area (Å²) in [6, 6.07) is 6.16. The van der Waals surface area contributed by atoms with Crippen molar-refractivity contribution in [1.82, 2.24) is 4.90 Å². The van der Waals surface area contributed by atoms with E-state index < -0.39 is 0 Å². The summed E-state index contributed by atoms with van der Waals surface area (Å²) in [6.45, 7) is 2.91. The quantitative estimate of drug-likeness (QED) is 0.929. The summed E-state index contributed by atoms with van der Waals surface area (Å²) in [6.07, 6.45) is 5.10. The second-order valence-electron chi connectivity index (χ2n) is 6.18. The molecule has 3 nitrogen and oxygen atoms in total. The molecule has 1 fully saturated rings. The van der Waals surface area contributed by atoms with Gasteiger partial charge in [0.15, 0.2) is 0 Å². The van der Waals surface area contributed by atoms with Crippen molar-refractivity contribution in [3.63, 3.8) is 0 Å². The molecular formula is C17H22N2OS. The number of carbonyl (C=O) groups is 1. The van der Waals surface area contributed by atoms with Gasteiger partial charge in [-0.3, -0.25) is 4.79 Å². The van der Waals surface area contributed by atoms with E-state index in [-0.39, 0.29) is 5.91 Å². The highest BCUT2D eigenvalue weighted by atomic mass is 32.1. The molecule has 0 bridgehead atoms. The summed E-state index contributed by atoms with van der Waals surface area (Å²) in [5.74, 6) is 0.732. The van der Waals surface area contributed by atoms with E-state index in [1.54, 1.807) is 0 Å². The molecule has 3 rings (SSSR count). The number of thiophene rings is 1. The predicted octanol–water partition coefficient (Wildman–Crippen LogP) is 4.05. The van der Waals surface area contributed by atoms with E-state index in [1.165, 1.54) is 42.6 Å². The van der Waals surface area contributed by atoms with Crippen LogP contribution in [0.4, 0.5) is 5.69 Å². The number of hydrogen-bond acceptors (Lipinski definition) is 3. The lowest BCUT2D eigenvalue weighted by molar-refractivity contribution is 0.0779. The largest absolute Gasteiger partial charge is 0.397 e. The first-order valence-corrected chi connectivity index (χ1v) is 8.42. The summed E-state index contributed by atoms with van der Waals surface area (Å²) in [4.78, 5) is 15.2. The number of nitrogens with two attached hydrogens (primary N) is 1. The Morgan fingerprint density at radius 1 is 1.38 bits per heavy atom. The average Bonchev–Trinajstić information content (AvgIpc) is 3.06. The average molecular weight is 302 g/mol. The number of rotatable bonds is 3. The van der Waals surface area contributed by atoms with Crippen LogP contribution in [0.2, 0.25) is 0 Å². The Hall–Kier alpha value is -1.55. The summed E-state index contributed by atoms with van der Waals surface area (Å²) in [5.41, 5.74) is 8.03. The number of fused-ring (bicyclic) bond motifs is 1. The van der Waals surface area contributed by atoms with Gasteiger partial charge in [-0.1, -0.05) is 25.0 Å². The Labute approximate surface area is 129 Å². The lowest BCUT2D eigenvalue weighted by Gasteiger charge is -2.20. The van der Waals surface area contributed by atoms with Gasteiger partial charge >= 0.3 is 0 Å². The van der Waals surface area contributed by atoms with Gasteiger partial charge in [0.25, 0.3) is 5.91 Å². The van der Waals surface area contributed by atoms with Gasteiger partial charge in [0, 0.05) is 23.7 Å². The summed E-state index contributed by atoms with van der Waals surface area (Å²) >= 11 is 1.52. The molecule has 0 radical (unpaired) electrons. The molecule has 1 heterocycles. The first-order valence-electron chi connectivity index (χ1n) is 7.60. The third-order valence-electron chi connectivity index (χ3n) is 4.43. The lowest BCUT2D eigenvalue weighted by Crippen LogP contribution is -2.31. The third-order valence-corrected chi connectivity index (χ3v) is 5.59. The van der Waals surface area contributed by atoms with E-state index in [0.29, 0.717) is 16.5 Å². The Balaban J connectivity index is 1.84. The molecule has 1 saturated carbocycles. The molecular weight excluding hydrogens is 280 g/mol. The highest BCUT2D eigenvalue weighted by molar-refractivity contribution is 7.21. The zero-order valence-electron chi connectivity index (χ0n) is 12.7. The standard InChI is InChI=1S/C17H22N2OS/c1-11-7-8-13-14(9-11)21-16(15(13)18)17(20)19(2)10-12-5-3-4-6-12/h7-9,12H,3-6,10,18H2,1-2H3. The fourth-order valence-corrected chi connectivity index (χ4v) is 4.43. The van der Waals surface area contributed by atoms with Crippen molar-refractivity contribution in [3.05, 3.63) is 28.6 Å². The van der Waals surface area contributed by atoms with Crippen molar-refractivity contribution < 1.29 is 4.79 Å². The van der Waals surface area contributed by atoms with Gasteiger partial charge in [0.05, 0.1) is 5.69 Å². The minimum atomic E-state index is 0.0678. The van der Waals surface area contributed by atoms with Gasteiger partial charge < -0.3 is 10.6 Å². The number of nitrogens with zero attached hydrogens (tertiary/aromatic N) is 1. The molecule has 21 heavy (non-hydrogen) atoms. The first kappa shape index (κ1) is 14.4. The summed E-state index contributed by atoms with van der Waals surface area (Å²) in [5, 5.41) is 1.00. The van der Waals surface area contributed by atoms with Crippen molar-refractivity contribution in [2.75, 3.05) is 19.3 Å². The minimum Gasteiger partial charge on any atom is -0.397 e. The van der Waals surface area contributed by atoms with Crippen molar-refractivity contribution in [3.8, 4) is 0 Å². The summed E-state index contributed by atoms with van der Waals surface area (Å²) in [7, 11) is 1.90. The Morgan fingerprint density at radius 2 is 2.10 bits per heavy atom. The molecule has 0 aliphatic heterocycles. The molecule has 1 aromatic carbocycles. The number of benzene rings is 1. The lowest BCUT2D eigenvalue weighted by atomic mass is 10.1. The Morgan fingerprint density at radius 3 is 2.81 bits per heavy atom. The van der Waals surface area contributed by atoms with Crippen molar-refractivity contribution in [2.45, 2.75) is 32.6 Å². The second-order valence-corrected chi connectivity index (χ2v) is 7.23. The van der Waals surface area contributed by atoms with Crippen LogP contribution in [0.3, 0.4) is 0 Å². The smallest absolute Gasteiger partial charge is 0.265 e. The molecule has 1 aliphatic rings. The molecule has 1 aliphatic carbocycles. The number of anilines is 1. The normalized spacial score (nSPS) is 15.7. The number of nitrogen functional groups attached to an aromatic ring is 1. The topological polar surface area (TPSA) is 46.3 Å². The highest BCUT2D eigenvalue weighted by Crippen LogP contribution is 2.35. The predicted molar refractivity (Wildman–Crippen MR) is 89.9 cm³/mol. The fourth-order valence-electron chi connectivity index (χ4n) is 3.22. The van der Waals surface area contributed by atoms with Crippen LogP contribution in [-0.4, -0.2) is 24.4 Å². The maximum absolute atomic E-state index is 12.7. The van der Waals surface area contributed by atoms with Gasteiger partial charge in [-0.15, -0.1) is 11.3 Å². The molecule has 112 valence electrons. The Bertz CT molecular complexity index is 671. The van der Waals surface area contributed by atoms with Crippen LogP contribution >= 0.6 is 11.3 Å². The van der Waals surface area contributed by atoms with Gasteiger partial charge in [0.2, 0.25) is 0 Å². The minimum absolute atomic E-state index is 0.0678. The molecule has 0 atom stereocenters. The zero-order valence-corrected chi connectivity index (χ0v) is 13.5. The van der Waals surface area contributed by atoms with Gasteiger partial charge in [-0.2, -0.15) is 0 Å². The van der Waals surface area contributed by atoms with Crippen LogP contribution in [0.15, 0.2) is 18.2 Å². The number of hydrogen-bond donors (Lipinski definition) is 1. The van der Waals surface area contributed by atoms with E-state index in [2.05, 4.69) is 13.0 Å². The van der Waals surface area contributed by atoms with E-state index in [1.807, 2.05) is 24.1 Å². The van der Waals surface area contributed by atoms with Crippen LogP contribution < -0.4 is 5.73 Å². The van der Waals surface area contributed by atoms with Crippen molar-refractivity contribution in [1.29, 1.82) is 0 Å². The SMILES string of the molecule is Cc1ccc2c(N)c(C(=O)N(C)CC3CCCC3)sc2c1. The zero-order chi connectivity index (χ0) is 15.0. The molecule has 1 aromatic heterocycles. The molecule has 0 saturated heterocycles. The number of carbonyl (C=O) groups excluding carboxylic acids is 1. The van der Waals surface area contributed by atoms with Crippen molar-refractivity contribution >= 4 is 33.0 Å². The number of amides is 1. The highest BCUT2D eigenvalue weighted by Gasteiger charge is 2.23. The van der Waals surface area contributed by atoms with Crippen LogP contribution in [0, 0.1) is 12.8 Å². The first-order chi connectivity index (χ1) is 10.1. The molecule has 2 aromatic rings. The van der Waals surface area contributed by atoms with E-state index in [4.69, 9.17) is 5.73 Å². The van der Waals surface area contributed by atoms with Gasteiger partial charge in [0.1, 0.15) is 4.88 Å². The molecule has 0 spiro atoms. The molecule has 2 N–H and O–H groups in total. The van der Waals surface area contributed by atoms with E-state index >= 15 is 0 Å². The van der Waals surface area contributed by atoms with Crippen LogP contribution in [0.25, 0.3) is 10.1 Å². The summed E-state index contributed by atoms with van der Waals surface area (Å²) < 4.78 is 1.10. The second kappa shape index (κ2) is 5.68. The van der Waals surface area contributed by atoms with Crippen LogP contribution in [0.5, 0.6) is 0 Å². The molecule has 1 amide bonds. The van der Waals surface area contributed by atoms with Crippen LogP contribution in [-0.2, 0) is 0 Å². The maximum atomic E-state index is 12.7. The van der Waals surface area contributed by atoms with Crippen LogP contribution in [0.1, 0.15) is 40.9 Å². The monoisotopic (exact) mass is 302 g/mol. The molecule has 4 heteroatoms. The third kappa shape index (κ3) is 2.77. The van der Waals surface area contributed by atoms with E-state index in [0.717, 1.165) is 16.6 Å². The maximum Gasteiger partial charge on any atom is 0.265 e. The number of aryl methyl sites for hydroxylation is 1. The van der Waals surface area contributed by atoms with Gasteiger partial charge in [-0.05, 0) is 37.3 Å². The van der Waals surface area contributed by atoms with Gasteiger partial charge in [-0.25, -0.2) is 0 Å².